The van der Waals surface area contributed by atoms with Crippen molar-refractivity contribution in [1.82, 2.24) is 20.1 Å². The Morgan fingerprint density at radius 2 is 2.13 bits per heavy atom. The van der Waals surface area contributed by atoms with Gasteiger partial charge >= 0.3 is 0 Å². The molecule has 1 fully saturated rings. The Hall–Kier alpha value is -2.21. The lowest BCUT2D eigenvalue weighted by Crippen LogP contribution is -2.38. The van der Waals surface area contributed by atoms with Gasteiger partial charge in [-0.25, -0.2) is 4.68 Å². The standard InChI is InChI=1S/C17H20N4O2/c22-17(16-5-2-10-23-16)20-14-3-1-4-15-13(14)11-19-21(15)12-6-8-18-9-7-12/h6-9,11,14,16H,1-5,10H2,(H,20,22)/t14-,16+/m0/s1. The molecule has 6 heteroatoms. The number of amides is 1. The van der Waals surface area contributed by atoms with Crippen LogP contribution < -0.4 is 5.32 Å². The highest BCUT2D eigenvalue weighted by molar-refractivity contribution is 5.81. The number of ether oxygens (including phenoxy) is 1. The minimum atomic E-state index is -0.282. The number of hydrogen-bond donors (Lipinski definition) is 1. The SMILES string of the molecule is O=C(N[C@H]1CCCc2c1cnn2-c1ccncc1)[C@H]1CCCO1. The van der Waals surface area contributed by atoms with Crippen LogP contribution >= 0.6 is 0 Å². The molecule has 0 saturated carbocycles. The average molecular weight is 312 g/mol. The summed E-state index contributed by atoms with van der Waals surface area (Å²) < 4.78 is 7.44. The monoisotopic (exact) mass is 312 g/mol. The maximum absolute atomic E-state index is 12.3. The van der Waals surface area contributed by atoms with Gasteiger partial charge < -0.3 is 10.1 Å². The number of fused-ring (bicyclic) bond motifs is 1. The van der Waals surface area contributed by atoms with E-state index in [2.05, 4.69) is 15.4 Å². The second-order valence-corrected chi connectivity index (χ2v) is 6.12. The highest BCUT2D eigenvalue weighted by Gasteiger charge is 2.30. The Balaban J connectivity index is 1.57. The average Bonchev–Trinajstić information content (AvgIpc) is 3.26. The molecule has 2 aliphatic rings. The maximum atomic E-state index is 12.3. The van der Waals surface area contributed by atoms with Gasteiger partial charge in [-0.1, -0.05) is 0 Å². The van der Waals surface area contributed by atoms with Gasteiger partial charge in [-0.2, -0.15) is 5.10 Å². The molecule has 0 spiro atoms. The summed E-state index contributed by atoms with van der Waals surface area (Å²) in [7, 11) is 0. The van der Waals surface area contributed by atoms with Gasteiger partial charge in [-0.3, -0.25) is 9.78 Å². The summed E-state index contributed by atoms with van der Waals surface area (Å²) >= 11 is 0. The first-order valence-electron chi connectivity index (χ1n) is 8.22. The molecule has 1 aliphatic heterocycles. The third-order valence-electron chi connectivity index (χ3n) is 4.63. The van der Waals surface area contributed by atoms with Gasteiger partial charge in [-0.15, -0.1) is 0 Å². The van der Waals surface area contributed by atoms with Crippen LogP contribution in [0.1, 0.15) is 43.0 Å². The smallest absolute Gasteiger partial charge is 0.249 e. The fraction of sp³-hybridized carbons (Fsp3) is 0.471. The van der Waals surface area contributed by atoms with E-state index in [0.29, 0.717) is 6.61 Å². The lowest BCUT2D eigenvalue weighted by molar-refractivity contribution is -0.130. The number of rotatable bonds is 3. The van der Waals surface area contributed by atoms with Crippen LogP contribution in [0.3, 0.4) is 0 Å². The topological polar surface area (TPSA) is 69.0 Å². The zero-order valence-electron chi connectivity index (χ0n) is 12.9. The quantitative estimate of drug-likeness (QED) is 0.940. The maximum Gasteiger partial charge on any atom is 0.249 e. The molecule has 0 unspecified atom stereocenters. The van der Waals surface area contributed by atoms with E-state index in [1.54, 1.807) is 12.4 Å². The van der Waals surface area contributed by atoms with E-state index in [9.17, 15) is 4.79 Å². The number of nitrogens with one attached hydrogen (secondary N) is 1. The molecule has 0 aromatic carbocycles. The molecule has 0 bridgehead atoms. The summed E-state index contributed by atoms with van der Waals surface area (Å²) in [5, 5.41) is 7.68. The predicted octanol–water partition coefficient (Wildman–Crippen LogP) is 1.94. The molecule has 6 nitrogen and oxygen atoms in total. The zero-order chi connectivity index (χ0) is 15.6. The highest BCUT2D eigenvalue weighted by atomic mass is 16.5. The first kappa shape index (κ1) is 14.4. The van der Waals surface area contributed by atoms with Gasteiger partial charge in [0.1, 0.15) is 6.10 Å². The van der Waals surface area contributed by atoms with Gasteiger partial charge in [0.05, 0.1) is 17.9 Å². The molecular weight excluding hydrogens is 292 g/mol. The largest absolute Gasteiger partial charge is 0.368 e. The number of nitrogens with zero attached hydrogens (tertiary/aromatic N) is 3. The fourth-order valence-electron chi connectivity index (χ4n) is 3.46. The second kappa shape index (κ2) is 6.12. The third kappa shape index (κ3) is 2.74. The van der Waals surface area contributed by atoms with Crippen LogP contribution in [0.5, 0.6) is 0 Å². The van der Waals surface area contributed by atoms with Crippen molar-refractivity contribution in [3.63, 3.8) is 0 Å². The van der Waals surface area contributed by atoms with Crippen LogP contribution in [0.15, 0.2) is 30.7 Å². The van der Waals surface area contributed by atoms with Crippen molar-refractivity contribution in [3.8, 4) is 5.69 Å². The van der Waals surface area contributed by atoms with Gasteiger partial charge in [0.2, 0.25) is 5.91 Å². The molecule has 1 amide bonds. The minimum Gasteiger partial charge on any atom is -0.368 e. The van der Waals surface area contributed by atoms with Gasteiger partial charge in [0, 0.05) is 30.3 Å². The van der Waals surface area contributed by atoms with Crippen molar-refractivity contribution >= 4 is 5.91 Å². The van der Waals surface area contributed by atoms with Gasteiger partial charge in [0.25, 0.3) is 0 Å². The molecule has 2 aromatic rings. The van der Waals surface area contributed by atoms with Crippen molar-refractivity contribution in [2.75, 3.05) is 6.61 Å². The Bertz CT molecular complexity index is 692. The van der Waals surface area contributed by atoms with Crippen molar-refractivity contribution in [3.05, 3.63) is 42.0 Å². The van der Waals surface area contributed by atoms with Crippen LogP contribution in [0.25, 0.3) is 5.69 Å². The van der Waals surface area contributed by atoms with Crippen LogP contribution in [-0.2, 0) is 16.0 Å². The van der Waals surface area contributed by atoms with E-state index in [0.717, 1.165) is 43.4 Å². The predicted molar refractivity (Wildman–Crippen MR) is 84.2 cm³/mol. The van der Waals surface area contributed by atoms with Gasteiger partial charge in [-0.05, 0) is 44.2 Å². The van der Waals surface area contributed by atoms with Crippen LogP contribution in [-0.4, -0.2) is 33.4 Å². The van der Waals surface area contributed by atoms with E-state index < -0.39 is 0 Å². The molecule has 3 heterocycles. The number of carbonyl (C=O) groups excluding carboxylic acids is 1. The van der Waals surface area contributed by atoms with E-state index >= 15 is 0 Å². The first-order chi connectivity index (χ1) is 11.3. The number of hydrogen-bond acceptors (Lipinski definition) is 4. The Labute approximate surface area is 134 Å². The summed E-state index contributed by atoms with van der Waals surface area (Å²) in [4.78, 5) is 16.4. The summed E-state index contributed by atoms with van der Waals surface area (Å²) in [6, 6.07) is 3.93. The summed E-state index contributed by atoms with van der Waals surface area (Å²) in [5.41, 5.74) is 3.31. The fourth-order valence-corrected chi connectivity index (χ4v) is 3.46. The summed E-state index contributed by atoms with van der Waals surface area (Å²) in [6.45, 7) is 0.688. The van der Waals surface area contributed by atoms with E-state index in [1.807, 2.05) is 23.0 Å². The molecule has 2 aromatic heterocycles. The molecule has 4 rings (SSSR count). The van der Waals surface area contributed by atoms with Crippen molar-refractivity contribution in [2.45, 2.75) is 44.2 Å². The van der Waals surface area contributed by atoms with Crippen molar-refractivity contribution in [1.29, 1.82) is 0 Å². The molecule has 23 heavy (non-hydrogen) atoms. The normalized spacial score (nSPS) is 23.5. The first-order valence-corrected chi connectivity index (χ1v) is 8.22. The molecule has 120 valence electrons. The Morgan fingerprint density at radius 3 is 2.91 bits per heavy atom. The molecule has 1 aliphatic carbocycles. The van der Waals surface area contributed by atoms with Crippen molar-refractivity contribution < 1.29 is 9.53 Å². The molecule has 1 N–H and O–H groups in total. The summed E-state index contributed by atoms with van der Waals surface area (Å²) in [5.74, 6) is 0.0111. The molecular formula is C17H20N4O2. The van der Waals surface area contributed by atoms with E-state index in [4.69, 9.17) is 4.74 Å². The van der Waals surface area contributed by atoms with E-state index in [1.165, 1.54) is 5.69 Å². The number of carbonyl (C=O) groups is 1. The third-order valence-corrected chi connectivity index (χ3v) is 4.63. The minimum absolute atomic E-state index is 0.0111. The number of pyridine rings is 1. The van der Waals surface area contributed by atoms with Gasteiger partial charge in [0.15, 0.2) is 0 Å². The highest BCUT2D eigenvalue weighted by Crippen LogP contribution is 2.31. The van der Waals surface area contributed by atoms with Crippen LogP contribution in [0.2, 0.25) is 0 Å². The van der Waals surface area contributed by atoms with E-state index in [-0.39, 0.29) is 18.1 Å². The molecule has 2 atom stereocenters. The number of aromatic nitrogens is 3. The van der Waals surface area contributed by atoms with Crippen LogP contribution in [0, 0.1) is 0 Å². The zero-order valence-corrected chi connectivity index (χ0v) is 12.9. The lowest BCUT2D eigenvalue weighted by atomic mass is 9.92. The second-order valence-electron chi connectivity index (χ2n) is 6.12. The lowest BCUT2D eigenvalue weighted by Gasteiger charge is -2.25. The Morgan fingerprint density at radius 1 is 1.26 bits per heavy atom. The van der Waals surface area contributed by atoms with Crippen molar-refractivity contribution in [2.24, 2.45) is 0 Å². The van der Waals surface area contributed by atoms with Crippen LogP contribution in [0.4, 0.5) is 0 Å². The molecule has 1 saturated heterocycles. The Kier molecular flexibility index (Phi) is 3.83. The molecule has 0 radical (unpaired) electrons. The summed E-state index contributed by atoms with van der Waals surface area (Å²) in [6.07, 6.45) is 9.89.